The minimum atomic E-state index is -4.08. The monoisotopic (exact) mass is 411 g/mol. The van der Waals surface area contributed by atoms with Crippen LogP contribution in [0.1, 0.15) is 0 Å². The summed E-state index contributed by atoms with van der Waals surface area (Å²) in [5.41, 5.74) is 0.506. The molecule has 2 aromatic carbocycles. The highest BCUT2D eigenvalue weighted by atomic mass is 32.2. The number of benzene rings is 2. The van der Waals surface area contributed by atoms with Crippen LogP contribution in [0.15, 0.2) is 51.8 Å². The average Bonchev–Trinajstić information content (AvgIpc) is 2.95. The maximum Gasteiger partial charge on any atom is 0.285 e. The van der Waals surface area contributed by atoms with Crippen LogP contribution in [0.2, 0.25) is 0 Å². The fourth-order valence-electron chi connectivity index (χ4n) is 2.41. The van der Waals surface area contributed by atoms with Gasteiger partial charge in [0.1, 0.15) is 5.82 Å². The predicted molar refractivity (Wildman–Crippen MR) is 97.5 cm³/mol. The van der Waals surface area contributed by atoms with E-state index >= 15 is 0 Å². The van der Waals surface area contributed by atoms with Crippen LogP contribution >= 0.6 is 11.3 Å². The lowest BCUT2D eigenvalue weighted by molar-refractivity contribution is -0.384. The van der Waals surface area contributed by atoms with Crippen LogP contribution in [0.25, 0.3) is 10.2 Å². The Morgan fingerprint density at radius 3 is 2.59 bits per heavy atom. The van der Waals surface area contributed by atoms with Crippen molar-refractivity contribution < 1.29 is 22.5 Å². The van der Waals surface area contributed by atoms with Crippen LogP contribution < -0.4 is 4.80 Å². The third kappa shape index (κ3) is 4.04. The van der Waals surface area contributed by atoms with E-state index in [0.29, 0.717) is 23.4 Å². The second-order valence-corrected chi connectivity index (χ2v) is 8.07. The Hall–Kier alpha value is -2.63. The van der Waals surface area contributed by atoms with E-state index < -0.39 is 20.8 Å². The Bertz CT molecular complexity index is 1170. The largest absolute Gasteiger partial charge is 0.383 e. The number of non-ortho nitro benzene ring substituents is 1. The normalized spacial score (nSPS) is 12.6. The number of nitro benzene ring substituents is 1. The molecule has 0 aliphatic rings. The molecule has 8 nitrogen and oxygen atoms in total. The van der Waals surface area contributed by atoms with E-state index in [1.54, 1.807) is 10.6 Å². The molecule has 1 aromatic heterocycles. The Balaban J connectivity index is 2.20. The maximum absolute atomic E-state index is 13.1. The van der Waals surface area contributed by atoms with E-state index in [0.717, 1.165) is 35.6 Å². The number of ether oxygens (including phenoxy) is 1. The molecule has 11 heteroatoms. The summed E-state index contributed by atoms with van der Waals surface area (Å²) in [6, 6.07) is 8.59. The molecule has 142 valence electrons. The Morgan fingerprint density at radius 2 is 1.96 bits per heavy atom. The number of halogens is 1. The van der Waals surface area contributed by atoms with Crippen molar-refractivity contribution in [2.24, 2.45) is 4.40 Å². The van der Waals surface area contributed by atoms with E-state index in [1.165, 1.54) is 19.2 Å². The molecule has 0 aliphatic carbocycles. The standard InChI is InChI=1S/C16H14FN3O5S2/c1-25-9-8-19-14-7-4-12(20(21)22)10-15(14)26-16(19)18-27(23,24)13-5-2-11(17)3-6-13/h2-7,10H,8-9H2,1H3. The molecular formula is C16H14FN3O5S2. The van der Waals surface area contributed by atoms with E-state index in [9.17, 15) is 22.9 Å². The highest BCUT2D eigenvalue weighted by Gasteiger charge is 2.16. The van der Waals surface area contributed by atoms with Crippen molar-refractivity contribution in [1.29, 1.82) is 0 Å². The van der Waals surface area contributed by atoms with Crippen molar-refractivity contribution in [2.45, 2.75) is 11.4 Å². The summed E-state index contributed by atoms with van der Waals surface area (Å²) in [6.45, 7) is 0.610. The number of rotatable bonds is 6. The number of aromatic nitrogens is 1. The molecule has 0 radical (unpaired) electrons. The van der Waals surface area contributed by atoms with Gasteiger partial charge in [-0.05, 0) is 30.3 Å². The lowest BCUT2D eigenvalue weighted by atomic mass is 10.3. The van der Waals surface area contributed by atoms with Crippen LogP contribution in [-0.4, -0.2) is 31.6 Å². The quantitative estimate of drug-likeness (QED) is 0.458. The average molecular weight is 411 g/mol. The van der Waals surface area contributed by atoms with Crippen LogP contribution in [0.5, 0.6) is 0 Å². The third-order valence-electron chi connectivity index (χ3n) is 3.71. The van der Waals surface area contributed by atoms with Gasteiger partial charge in [-0.15, -0.1) is 4.40 Å². The highest BCUT2D eigenvalue weighted by Crippen LogP contribution is 2.24. The molecule has 0 fully saturated rings. The summed E-state index contributed by atoms with van der Waals surface area (Å²) in [7, 11) is -2.57. The minimum absolute atomic E-state index is 0.101. The summed E-state index contributed by atoms with van der Waals surface area (Å²) < 4.78 is 49.2. The molecule has 0 saturated carbocycles. The zero-order valence-electron chi connectivity index (χ0n) is 14.0. The van der Waals surface area contributed by atoms with E-state index in [-0.39, 0.29) is 15.4 Å². The lowest BCUT2D eigenvalue weighted by Gasteiger charge is -2.04. The van der Waals surface area contributed by atoms with Crippen molar-refractivity contribution in [3.05, 3.63) is 63.2 Å². The number of methoxy groups -OCH3 is 1. The van der Waals surface area contributed by atoms with Crippen molar-refractivity contribution >= 4 is 37.3 Å². The lowest BCUT2D eigenvalue weighted by Crippen LogP contribution is -2.19. The first-order valence-corrected chi connectivity index (χ1v) is 9.91. The number of hydrogen-bond donors (Lipinski definition) is 0. The number of fused-ring (bicyclic) bond motifs is 1. The molecule has 27 heavy (non-hydrogen) atoms. The number of hydrogen-bond acceptors (Lipinski definition) is 6. The van der Waals surface area contributed by atoms with Gasteiger partial charge in [-0.25, -0.2) is 4.39 Å². The molecule has 0 amide bonds. The smallest absolute Gasteiger partial charge is 0.285 e. The minimum Gasteiger partial charge on any atom is -0.383 e. The van der Waals surface area contributed by atoms with Crippen LogP contribution in [-0.2, 0) is 21.3 Å². The number of nitro groups is 1. The van der Waals surface area contributed by atoms with Gasteiger partial charge < -0.3 is 9.30 Å². The molecule has 3 rings (SSSR count). The van der Waals surface area contributed by atoms with Gasteiger partial charge in [0, 0.05) is 25.8 Å². The van der Waals surface area contributed by atoms with Gasteiger partial charge in [0.05, 0.1) is 26.6 Å². The van der Waals surface area contributed by atoms with Crippen LogP contribution in [0.4, 0.5) is 10.1 Å². The summed E-state index contributed by atoms with van der Waals surface area (Å²) in [6.07, 6.45) is 0. The van der Waals surface area contributed by atoms with Crippen molar-refractivity contribution in [3.8, 4) is 0 Å². The van der Waals surface area contributed by atoms with Crippen LogP contribution in [0.3, 0.4) is 0 Å². The first-order chi connectivity index (χ1) is 12.8. The zero-order chi connectivity index (χ0) is 19.6. The molecule has 0 unspecified atom stereocenters. The molecule has 0 atom stereocenters. The van der Waals surface area contributed by atoms with Crippen LogP contribution in [0, 0.1) is 15.9 Å². The fraction of sp³-hybridized carbons (Fsp3) is 0.188. The Morgan fingerprint density at radius 1 is 1.26 bits per heavy atom. The topological polar surface area (TPSA) is 104 Å². The first kappa shape index (κ1) is 19.1. The van der Waals surface area contributed by atoms with Gasteiger partial charge in [-0.2, -0.15) is 8.42 Å². The zero-order valence-corrected chi connectivity index (χ0v) is 15.7. The molecule has 0 bridgehead atoms. The van der Waals surface area contributed by atoms with E-state index in [4.69, 9.17) is 4.74 Å². The second kappa shape index (κ2) is 7.55. The Kier molecular flexibility index (Phi) is 5.35. The SMILES string of the molecule is COCCn1c(=NS(=O)(=O)c2ccc(F)cc2)sc2cc([N+](=O)[O-])ccc21. The van der Waals surface area contributed by atoms with E-state index in [1.807, 2.05) is 0 Å². The molecule has 1 heterocycles. The summed E-state index contributed by atoms with van der Waals surface area (Å²) in [4.78, 5) is 10.5. The van der Waals surface area contributed by atoms with Crippen molar-refractivity contribution in [2.75, 3.05) is 13.7 Å². The summed E-state index contributed by atoms with van der Waals surface area (Å²) in [5.74, 6) is -0.557. The summed E-state index contributed by atoms with van der Waals surface area (Å²) >= 11 is 1.01. The van der Waals surface area contributed by atoms with Crippen molar-refractivity contribution in [3.63, 3.8) is 0 Å². The third-order valence-corrected chi connectivity index (χ3v) is 6.14. The number of sulfonamides is 1. The van der Waals surface area contributed by atoms with Crippen molar-refractivity contribution in [1.82, 2.24) is 4.57 Å². The first-order valence-electron chi connectivity index (χ1n) is 7.65. The van der Waals surface area contributed by atoms with Gasteiger partial charge in [0.2, 0.25) is 4.80 Å². The molecule has 0 spiro atoms. The van der Waals surface area contributed by atoms with Gasteiger partial charge in [-0.1, -0.05) is 11.3 Å². The Labute approximate surface area is 157 Å². The number of thiazole rings is 1. The van der Waals surface area contributed by atoms with Gasteiger partial charge in [0.25, 0.3) is 15.7 Å². The number of nitrogens with zero attached hydrogens (tertiary/aromatic N) is 3. The fourth-order valence-corrected chi connectivity index (χ4v) is 4.70. The maximum atomic E-state index is 13.1. The second-order valence-electron chi connectivity index (χ2n) is 5.46. The predicted octanol–water partition coefficient (Wildman–Crippen LogP) is 2.69. The molecule has 3 aromatic rings. The molecule has 0 saturated heterocycles. The van der Waals surface area contributed by atoms with Gasteiger partial charge in [-0.3, -0.25) is 10.1 Å². The highest BCUT2D eigenvalue weighted by molar-refractivity contribution is 7.90. The molecule has 0 N–H and O–H groups in total. The summed E-state index contributed by atoms with van der Waals surface area (Å²) in [5, 5.41) is 11.0. The van der Waals surface area contributed by atoms with Gasteiger partial charge >= 0.3 is 0 Å². The van der Waals surface area contributed by atoms with Gasteiger partial charge in [0.15, 0.2) is 0 Å². The molecule has 0 aliphatic heterocycles. The molecular weight excluding hydrogens is 397 g/mol. The van der Waals surface area contributed by atoms with E-state index in [2.05, 4.69) is 4.40 Å².